The van der Waals surface area contributed by atoms with Crippen LogP contribution in [0.5, 0.6) is 5.75 Å². The summed E-state index contributed by atoms with van der Waals surface area (Å²) >= 11 is 0. The summed E-state index contributed by atoms with van der Waals surface area (Å²) in [6.45, 7) is 7.45. The van der Waals surface area contributed by atoms with E-state index in [1.165, 1.54) is 0 Å². The van der Waals surface area contributed by atoms with E-state index < -0.39 is 0 Å². The number of benzene rings is 1. The summed E-state index contributed by atoms with van der Waals surface area (Å²) in [5, 5.41) is 4.10. The molecule has 1 aliphatic rings. The quantitative estimate of drug-likeness (QED) is 0.801. The van der Waals surface area contributed by atoms with E-state index in [1.54, 1.807) is 0 Å². The maximum Gasteiger partial charge on any atom is 0.231 e. The van der Waals surface area contributed by atoms with Gasteiger partial charge in [-0.25, -0.2) is 0 Å². The van der Waals surface area contributed by atoms with Crippen molar-refractivity contribution in [2.75, 3.05) is 13.1 Å². The van der Waals surface area contributed by atoms with Gasteiger partial charge >= 0.3 is 0 Å². The third-order valence-electron chi connectivity index (χ3n) is 4.66. The van der Waals surface area contributed by atoms with Gasteiger partial charge in [0, 0.05) is 25.1 Å². The van der Waals surface area contributed by atoms with Crippen molar-refractivity contribution in [3.63, 3.8) is 0 Å². The Morgan fingerprint density at radius 2 is 2.12 bits per heavy atom. The molecule has 0 saturated carbocycles. The molecule has 6 nitrogen and oxygen atoms in total. The highest BCUT2D eigenvalue weighted by Crippen LogP contribution is 2.28. The van der Waals surface area contributed by atoms with Crippen molar-refractivity contribution in [3.05, 3.63) is 30.2 Å². The van der Waals surface area contributed by atoms with Crippen LogP contribution in [0.25, 0.3) is 11.4 Å². The lowest BCUT2D eigenvalue weighted by Crippen LogP contribution is -2.27. The van der Waals surface area contributed by atoms with E-state index in [2.05, 4.69) is 17.1 Å². The van der Waals surface area contributed by atoms with Gasteiger partial charge in [0.25, 0.3) is 0 Å². The number of ether oxygens (including phenoxy) is 1. The number of rotatable bonds is 6. The third-order valence-corrected chi connectivity index (χ3v) is 4.66. The molecule has 0 unspecified atom stereocenters. The summed E-state index contributed by atoms with van der Waals surface area (Å²) in [4.78, 5) is 18.2. The van der Waals surface area contributed by atoms with Crippen LogP contribution in [0.4, 0.5) is 0 Å². The van der Waals surface area contributed by atoms with E-state index in [0.717, 1.165) is 30.7 Å². The Hall–Kier alpha value is -2.37. The van der Waals surface area contributed by atoms with Gasteiger partial charge in [0.1, 0.15) is 5.75 Å². The zero-order valence-electron chi connectivity index (χ0n) is 15.1. The zero-order chi connectivity index (χ0) is 17.8. The van der Waals surface area contributed by atoms with Crippen LogP contribution in [-0.4, -0.2) is 40.1 Å². The molecule has 1 amide bonds. The predicted molar refractivity (Wildman–Crippen MR) is 94.3 cm³/mol. The molecular formula is C19H25N3O3. The Morgan fingerprint density at radius 1 is 1.36 bits per heavy atom. The molecule has 2 heterocycles. The molecule has 1 fully saturated rings. The normalized spacial score (nSPS) is 18.4. The summed E-state index contributed by atoms with van der Waals surface area (Å²) in [7, 11) is 0. The standard InChI is InChI=1S/C19H25N3O3/c1-4-13(3)24-16-8-6-14(7-9-16)18-20-19(25-21-18)15-10-11-22(12-15)17(23)5-2/h6-9,13,15H,4-5,10-12H2,1-3H3/t13-,15+/m0/s1. The minimum Gasteiger partial charge on any atom is -0.491 e. The number of hydrogen-bond donors (Lipinski definition) is 0. The first kappa shape index (κ1) is 17.5. The number of amides is 1. The largest absolute Gasteiger partial charge is 0.491 e. The van der Waals surface area contributed by atoms with Gasteiger partial charge in [-0.2, -0.15) is 4.98 Å². The molecule has 0 radical (unpaired) electrons. The Kier molecular flexibility index (Phi) is 5.36. The summed E-state index contributed by atoms with van der Waals surface area (Å²) < 4.78 is 11.2. The highest BCUT2D eigenvalue weighted by molar-refractivity contribution is 5.76. The van der Waals surface area contributed by atoms with Gasteiger partial charge in [0.15, 0.2) is 0 Å². The van der Waals surface area contributed by atoms with Crippen molar-refractivity contribution in [2.24, 2.45) is 0 Å². The molecule has 1 aliphatic heterocycles. The van der Waals surface area contributed by atoms with Crippen LogP contribution in [-0.2, 0) is 4.79 Å². The van der Waals surface area contributed by atoms with Crippen molar-refractivity contribution in [3.8, 4) is 17.1 Å². The topological polar surface area (TPSA) is 68.5 Å². The molecule has 0 spiro atoms. The van der Waals surface area contributed by atoms with E-state index in [0.29, 0.717) is 24.7 Å². The monoisotopic (exact) mass is 343 g/mol. The molecule has 3 rings (SSSR count). The number of carbonyl (C=O) groups is 1. The van der Waals surface area contributed by atoms with Gasteiger partial charge in [-0.1, -0.05) is 19.0 Å². The van der Waals surface area contributed by atoms with E-state index in [-0.39, 0.29) is 17.9 Å². The van der Waals surface area contributed by atoms with Gasteiger partial charge in [0.2, 0.25) is 17.6 Å². The van der Waals surface area contributed by atoms with Gasteiger partial charge in [0.05, 0.1) is 12.0 Å². The van der Waals surface area contributed by atoms with Gasteiger partial charge in [-0.15, -0.1) is 0 Å². The average molecular weight is 343 g/mol. The number of nitrogens with zero attached hydrogens (tertiary/aromatic N) is 3. The first-order valence-electron chi connectivity index (χ1n) is 8.99. The third kappa shape index (κ3) is 4.00. The number of carbonyl (C=O) groups excluding carboxylic acids is 1. The second kappa shape index (κ2) is 7.68. The molecule has 134 valence electrons. The Balaban J connectivity index is 1.66. The lowest BCUT2D eigenvalue weighted by Gasteiger charge is -2.13. The minimum absolute atomic E-state index is 0.129. The lowest BCUT2D eigenvalue weighted by molar-refractivity contribution is -0.129. The Bertz CT molecular complexity index is 711. The van der Waals surface area contributed by atoms with Gasteiger partial charge in [-0.3, -0.25) is 4.79 Å². The molecule has 1 aromatic carbocycles. The molecule has 0 aliphatic carbocycles. The van der Waals surface area contributed by atoms with Gasteiger partial charge < -0.3 is 14.2 Å². The summed E-state index contributed by atoms with van der Waals surface area (Å²) in [5.74, 6) is 2.34. The molecule has 0 N–H and O–H groups in total. The first-order valence-corrected chi connectivity index (χ1v) is 8.99. The van der Waals surface area contributed by atoms with Gasteiger partial charge in [-0.05, 0) is 44.0 Å². The van der Waals surface area contributed by atoms with E-state index in [9.17, 15) is 4.79 Å². The maximum absolute atomic E-state index is 11.8. The van der Waals surface area contributed by atoms with Crippen molar-refractivity contribution < 1.29 is 14.1 Å². The van der Waals surface area contributed by atoms with Crippen LogP contribution in [0.2, 0.25) is 0 Å². The van der Waals surface area contributed by atoms with Crippen LogP contribution in [0.15, 0.2) is 28.8 Å². The Labute approximate surface area is 148 Å². The minimum atomic E-state index is 0.129. The highest BCUT2D eigenvalue weighted by atomic mass is 16.5. The molecule has 2 atom stereocenters. The second-order valence-corrected chi connectivity index (χ2v) is 6.50. The summed E-state index contributed by atoms with van der Waals surface area (Å²) in [5.41, 5.74) is 0.894. The van der Waals surface area contributed by atoms with E-state index in [4.69, 9.17) is 9.26 Å². The fourth-order valence-electron chi connectivity index (χ4n) is 2.93. The molecular weight excluding hydrogens is 318 g/mol. The van der Waals surface area contributed by atoms with Crippen LogP contribution in [0.3, 0.4) is 0 Å². The number of aromatic nitrogens is 2. The van der Waals surface area contributed by atoms with Crippen molar-refractivity contribution in [1.82, 2.24) is 15.0 Å². The van der Waals surface area contributed by atoms with Crippen molar-refractivity contribution >= 4 is 5.91 Å². The van der Waals surface area contributed by atoms with Crippen molar-refractivity contribution in [1.29, 1.82) is 0 Å². The number of hydrogen-bond acceptors (Lipinski definition) is 5. The van der Waals surface area contributed by atoms with Crippen molar-refractivity contribution in [2.45, 2.75) is 52.1 Å². The fraction of sp³-hybridized carbons (Fsp3) is 0.526. The second-order valence-electron chi connectivity index (χ2n) is 6.50. The number of likely N-dealkylation sites (tertiary alicyclic amines) is 1. The molecule has 2 aromatic rings. The van der Waals surface area contributed by atoms with Crippen LogP contribution >= 0.6 is 0 Å². The first-order chi connectivity index (χ1) is 12.1. The highest BCUT2D eigenvalue weighted by Gasteiger charge is 2.30. The molecule has 0 bridgehead atoms. The average Bonchev–Trinajstić information content (AvgIpc) is 3.31. The molecule has 25 heavy (non-hydrogen) atoms. The van der Waals surface area contributed by atoms with Crippen LogP contribution in [0, 0.1) is 0 Å². The predicted octanol–water partition coefficient (Wildman–Crippen LogP) is 3.64. The van der Waals surface area contributed by atoms with E-state index in [1.807, 2.05) is 43.0 Å². The molecule has 6 heteroatoms. The molecule has 1 saturated heterocycles. The van der Waals surface area contributed by atoms with Crippen LogP contribution < -0.4 is 4.74 Å². The van der Waals surface area contributed by atoms with E-state index >= 15 is 0 Å². The lowest BCUT2D eigenvalue weighted by atomic mass is 10.1. The summed E-state index contributed by atoms with van der Waals surface area (Å²) in [6, 6.07) is 7.73. The summed E-state index contributed by atoms with van der Waals surface area (Å²) in [6.07, 6.45) is 2.57. The van der Waals surface area contributed by atoms with Crippen LogP contribution in [0.1, 0.15) is 51.8 Å². The Morgan fingerprint density at radius 3 is 2.80 bits per heavy atom. The zero-order valence-corrected chi connectivity index (χ0v) is 15.1. The smallest absolute Gasteiger partial charge is 0.231 e. The SMILES string of the molecule is CCC(=O)N1CC[C@@H](c2nc(-c3ccc(O[C@@H](C)CC)cc3)no2)C1. The fourth-order valence-corrected chi connectivity index (χ4v) is 2.93. The molecule has 1 aromatic heterocycles. The maximum atomic E-state index is 11.8.